The molecule has 2 aromatic rings. The third kappa shape index (κ3) is 3.39. The molecule has 104 valence electrons. The van der Waals surface area contributed by atoms with Crippen LogP contribution in [0.3, 0.4) is 0 Å². The number of hydrogen-bond acceptors (Lipinski definition) is 5. The molecule has 1 aromatic carbocycles. The number of aromatic nitrogens is 1. The van der Waals surface area contributed by atoms with E-state index in [-0.39, 0.29) is 17.2 Å². The molecule has 0 saturated carbocycles. The van der Waals surface area contributed by atoms with Crippen molar-refractivity contribution in [2.75, 3.05) is 12.8 Å². The van der Waals surface area contributed by atoms with Gasteiger partial charge in [-0.2, -0.15) is 0 Å². The van der Waals surface area contributed by atoms with Crippen LogP contribution in [0.15, 0.2) is 36.4 Å². The van der Waals surface area contributed by atoms with Crippen molar-refractivity contribution in [1.29, 1.82) is 0 Å². The molecular formula is C14H13ClN2O3. The number of methoxy groups -OCH3 is 1. The fourth-order valence-corrected chi connectivity index (χ4v) is 1.83. The highest BCUT2D eigenvalue weighted by Crippen LogP contribution is 2.20. The molecule has 6 heteroatoms. The highest BCUT2D eigenvalue weighted by Gasteiger charge is 2.12. The van der Waals surface area contributed by atoms with Crippen LogP contribution in [0.1, 0.15) is 16.1 Å². The number of rotatable bonds is 4. The molecule has 0 aliphatic heterocycles. The molecule has 0 unspecified atom stereocenters. The molecule has 0 fully saturated rings. The van der Waals surface area contributed by atoms with Crippen LogP contribution in [0.4, 0.5) is 5.69 Å². The number of ether oxygens (including phenoxy) is 2. The van der Waals surface area contributed by atoms with Gasteiger partial charge < -0.3 is 15.2 Å². The van der Waals surface area contributed by atoms with E-state index in [9.17, 15) is 4.79 Å². The van der Waals surface area contributed by atoms with Crippen LogP contribution < -0.4 is 10.5 Å². The number of carbonyl (C=O) groups is 1. The number of esters is 1. The number of halogens is 1. The van der Waals surface area contributed by atoms with Crippen LogP contribution in [0.5, 0.6) is 5.88 Å². The van der Waals surface area contributed by atoms with E-state index in [0.29, 0.717) is 17.3 Å². The van der Waals surface area contributed by atoms with Gasteiger partial charge in [-0.1, -0.05) is 17.7 Å². The number of nitrogens with two attached hydrogens (primary N) is 1. The summed E-state index contributed by atoms with van der Waals surface area (Å²) in [6.45, 7) is 0.0384. The molecule has 0 atom stereocenters. The minimum absolute atomic E-state index is 0.0384. The van der Waals surface area contributed by atoms with Crippen molar-refractivity contribution in [3.63, 3.8) is 0 Å². The average molecular weight is 293 g/mol. The second-order valence-corrected chi connectivity index (χ2v) is 4.39. The number of pyridine rings is 1. The number of nitrogens with zero attached hydrogens (tertiary/aromatic N) is 1. The molecule has 0 aliphatic rings. The third-order valence-electron chi connectivity index (χ3n) is 2.55. The number of hydrogen-bond donors (Lipinski definition) is 1. The fraction of sp³-hybridized carbons (Fsp3) is 0.143. The molecule has 20 heavy (non-hydrogen) atoms. The van der Waals surface area contributed by atoms with Gasteiger partial charge in [0.2, 0.25) is 5.88 Å². The smallest absolute Gasteiger partial charge is 0.340 e. The number of carbonyl (C=O) groups excluding carboxylic acids is 1. The number of nitrogen functional groups attached to an aromatic ring is 1. The summed E-state index contributed by atoms with van der Waals surface area (Å²) in [6, 6.07) is 9.83. The van der Waals surface area contributed by atoms with Gasteiger partial charge in [0.25, 0.3) is 0 Å². The summed E-state index contributed by atoms with van der Waals surface area (Å²) in [4.78, 5) is 16.0. The first-order valence-electron chi connectivity index (χ1n) is 5.82. The first-order chi connectivity index (χ1) is 9.60. The molecule has 1 aromatic heterocycles. The predicted molar refractivity (Wildman–Crippen MR) is 75.8 cm³/mol. The topological polar surface area (TPSA) is 74.4 Å². The lowest BCUT2D eigenvalue weighted by atomic mass is 10.2. The molecule has 0 amide bonds. The standard InChI is InChI=1S/C14H13ClN2O3/c1-19-13-4-2-3-10(17-13)8-20-14(18)11-6-5-9(16)7-12(11)15/h2-7H,8,16H2,1H3. The summed E-state index contributed by atoms with van der Waals surface area (Å²) in [7, 11) is 1.52. The van der Waals surface area contributed by atoms with Crippen molar-refractivity contribution >= 4 is 23.3 Å². The van der Waals surface area contributed by atoms with Crippen LogP contribution in [0.2, 0.25) is 5.02 Å². The Morgan fingerprint density at radius 2 is 2.15 bits per heavy atom. The molecule has 0 saturated heterocycles. The van der Waals surface area contributed by atoms with Gasteiger partial charge in [0.15, 0.2) is 0 Å². The second kappa shape index (κ2) is 6.25. The Morgan fingerprint density at radius 3 is 2.85 bits per heavy atom. The lowest BCUT2D eigenvalue weighted by Crippen LogP contribution is -2.07. The Kier molecular flexibility index (Phi) is 4.42. The highest BCUT2D eigenvalue weighted by atomic mass is 35.5. The number of anilines is 1. The first kappa shape index (κ1) is 14.1. The van der Waals surface area contributed by atoms with Crippen LogP contribution in [0, 0.1) is 0 Å². The minimum atomic E-state index is -0.528. The van der Waals surface area contributed by atoms with Gasteiger partial charge in [-0.05, 0) is 24.3 Å². The maximum absolute atomic E-state index is 11.9. The Labute approximate surface area is 121 Å². The summed E-state index contributed by atoms with van der Waals surface area (Å²) in [5.74, 6) is -0.0660. The van der Waals surface area contributed by atoms with Crippen molar-refractivity contribution in [3.8, 4) is 5.88 Å². The van der Waals surface area contributed by atoms with Gasteiger partial charge in [0.05, 0.1) is 23.4 Å². The molecule has 0 spiro atoms. The van der Waals surface area contributed by atoms with Crippen LogP contribution in [0.25, 0.3) is 0 Å². The van der Waals surface area contributed by atoms with E-state index in [1.807, 2.05) is 0 Å². The zero-order valence-electron chi connectivity index (χ0n) is 10.8. The van der Waals surface area contributed by atoms with Crippen LogP contribution >= 0.6 is 11.6 Å². The van der Waals surface area contributed by atoms with Crippen LogP contribution in [-0.4, -0.2) is 18.1 Å². The molecule has 2 rings (SSSR count). The quantitative estimate of drug-likeness (QED) is 0.693. The van der Waals surface area contributed by atoms with Gasteiger partial charge in [-0.25, -0.2) is 9.78 Å². The van der Waals surface area contributed by atoms with Crippen molar-refractivity contribution in [3.05, 3.63) is 52.7 Å². The lowest BCUT2D eigenvalue weighted by molar-refractivity contribution is 0.0467. The van der Waals surface area contributed by atoms with E-state index in [2.05, 4.69) is 4.98 Å². The Hall–Kier alpha value is -2.27. The van der Waals surface area contributed by atoms with E-state index < -0.39 is 5.97 Å². The van der Waals surface area contributed by atoms with Crippen molar-refractivity contribution < 1.29 is 14.3 Å². The molecule has 1 heterocycles. The van der Waals surface area contributed by atoms with E-state index in [4.69, 9.17) is 26.8 Å². The van der Waals surface area contributed by atoms with E-state index in [1.54, 1.807) is 24.3 Å². The SMILES string of the molecule is COc1cccc(COC(=O)c2ccc(N)cc2Cl)n1. The van der Waals surface area contributed by atoms with E-state index in [0.717, 1.165) is 0 Å². The maximum Gasteiger partial charge on any atom is 0.340 e. The van der Waals surface area contributed by atoms with Crippen molar-refractivity contribution in [1.82, 2.24) is 4.98 Å². The summed E-state index contributed by atoms with van der Waals surface area (Å²) in [5.41, 5.74) is 6.91. The predicted octanol–water partition coefficient (Wildman–Crippen LogP) is 2.68. The summed E-state index contributed by atoms with van der Waals surface area (Å²) in [6.07, 6.45) is 0. The first-order valence-corrected chi connectivity index (χ1v) is 6.20. The van der Waals surface area contributed by atoms with Gasteiger partial charge in [0.1, 0.15) is 6.61 Å². The van der Waals surface area contributed by atoms with Gasteiger partial charge in [-0.15, -0.1) is 0 Å². The van der Waals surface area contributed by atoms with Gasteiger partial charge >= 0.3 is 5.97 Å². The molecule has 0 radical (unpaired) electrons. The van der Waals surface area contributed by atoms with Gasteiger partial charge in [0, 0.05) is 11.8 Å². The number of benzene rings is 1. The second-order valence-electron chi connectivity index (χ2n) is 3.99. The van der Waals surface area contributed by atoms with Crippen molar-refractivity contribution in [2.45, 2.75) is 6.61 Å². The Bertz CT molecular complexity index is 632. The highest BCUT2D eigenvalue weighted by molar-refractivity contribution is 6.33. The maximum atomic E-state index is 11.9. The Balaban J connectivity index is 2.04. The monoisotopic (exact) mass is 292 g/mol. The summed E-state index contributed by atoms with van der Waals surface area (Å²) >= 11 is 5.94. The van der Waals surface area contributed by atoms with E-state index >= 15 is 0 Å². The third-order valence-corrected chi connectivity index (χ3v) is 2.87. The Morgan fingerprint density at radius 1 is 1.35 bits per heavy atom. The molecule has 2 N–H and O–H groups in total. The van der Waals surface area contributed by atoms with Crippen LogP contribution in [-0.2, 0) is 11.3 Å². The molecule has 0 aliphatic carbocycles. The van der Waals surface area contributed by atoms with E-state index in [1.165, 1.54) is 19.2 Å². The normalized spacial score (nSPS) is 10.1. The van der Waals surface area contributed by atoms with Crippen molar-refractivity contribution in [2.24, 2.45) is 0 Å². The fourth-order valence-electron chi connectivity index (χ4n) is 1.57. The lowest BCUT2D eigenvalue weighted by Gasteiger charge is -2.07. The minimum Gasteiger partial charge on any atom is -0.481 e. The average Bonchev–Trinajstić information content (AvgIpc) is 2.45. The largest absolute Gasteiger partial charge is 0.481 e. The molecule has 0 bridgehead atoms. The molecule has 5 nitrogen and oxygen atoms in total. The van der Waals surface area contributed by atoms with Gasteiger partial charge in [-0.3, -0.25) is 0 Å². The summed E-state index contributed by atoms with van der Waals surface area (Å²) in [5, 5.41) is 0.258. The zero-order valence-corrected chi connectivity index (χ0v) is 11.6. The molecular weight excluding hydrogens is 280 g/mol. The zero-order chi connectivity index (χ0) is 14.5. The summed E-state index contributed by atoms with van der Waals surface area (Å²) < 4.78 is 10.1.